The van der Waals surface area contributed by atoms with E-state index in [0.29, 0.717) is 5.75 Å². The molecule has 2 atom stereocenters. The summed E-state index contributed by atoms with van der Waals surface area (Å²) in [6, 6.07) is 12.5. The molecule has 1 heterocycles. The number of nitrogens with one attached hydrogen (secondary N) is 1. The summed E-state index contributed by atoms with van der Waals surface area (Å²) < 4.78 is 16.1. The van der Waals surface area contributed by atoms with Gasteiger partial charge in [0.1, 0.15) is 6.61 Å². The van der Waals surface area contributed by atoms with Gasteiger partial charge < -0.3 is 19.5 Å². The van der Waals surface area contributed by atoms with E-state index in [0.717, 1.165) is 30.8 Å². The fourth-order valence-corrected chi connectivity index (χ4v) is 4.30. The lowest BCUT2D eigenvalue weighted by Crippen LogP contribution is -2.48. The summed E-state index contributed by atoms with van der Waals surface area (Å²) in [6.07, 6.45) is 0.913. The molecule has 162 valence electrons. The Morgan fingerprint density at radius 3 is 2.53 bits per heavy atom. The number of fused-ring (bicyclic) bond motifs is 1. The maximum atomic E-state index is 12.3. The van der Waals surface area contributed by atoms with Gasteiger partial charge >= 0.3 is 0 Å². The first-order valence-electron chi connectivity index (χ1n) is 10.3. The van der Waals surface area contributed by atoms with E-state index in [2.05, 4.69) is 60.5 Å². The molecule has 2 aromatic rings. The van der Waals surface area contributed by atoms with Crippen LogP contribution in [0.1, 0.15) is 35.2 Å². The number of hydrogen-bond donors (Lipinski definition) is 1. The van der Waals surface area contributed by atoms with Gasteiger partial charge in [0.15, 0.2) is 11.5 Å². The van der Waals surface area contributed by atoms with Crippen molar-refractivity contribution in [3.8, 4) is 11.5 Å². The fraction of sp³-hybridized carbons (Fsp3) is 0.458. The molecule has 0 fully saturated rings. The molecular weight excluding hydrogens is 380 g/mol. The molecule has 1 aliphatic heterocycles. The third kappa shape index (κ3) is 4.77. The summed E-state index contributed by atoms with van der Waals surface area (Å²) in [7, 11) is 4.83. The summed E-state index contributed by atoms with van der Waals surface area (Å²) in [6.45, 7) is 5.95. The van der Waals surface area contributed by atoms with Crippen molar-refractivity contribution in [3.63, 3.8) is 0 Å². The third-order valence-corrected chi connectivity index (χ3v) is 5.80. The van der Waals surface area contributed by atoms with Crippen molar-refractivity contribution < 1.29 is 19.0 Å². The SMILES string of the molecule is COCC(=O)N[C@H](C)[C@H]1c2cc(OC)c(OC)cc2CCN1Cc1ccccc1C. The van der Waals surface area contributed by atoms with E-state index in [4.69, 9.17) is 14.2 Å². The van der Waals surface area contributed by atoms with Crippen molar-refractivity contribution in [2.24, 2.45) is 0 Å². The summed E-state index contributed by atoms with van der Waals surface area (Å²) in [5.74, 6) is 1.32. The largest absolute Gasteiger partial charge is 0.493 e. The normalized spacial score (nSPS) is 17.2. The predicted octanol–water partition coefficient (Wildman–Crippen LogP) is 3.26. The molecule has 0 aromatic heterocycles. The van der Waals surface area contributed by atoms with Crippen LogP contribution in [-0.2, 0) is 22.5 Å². The number of amides is 1. The number of aryl methyl sites for hydroxylation is 1. The number of carbonyl (C=O) groups is 1. The minimum absolute atomic E-state index is 0.00830. The number of benzene rings is 2. The summed E-state index contributed by atoms with van der Waals surface area (Å²) in [5, 5.41) is 3.11. The Morgan fingerprint density at radius 2 is 1.87 bits per heavy atom. The highest BCUT2D eigenvalue weighted by atomic mass is 16.5. The maximum absolute atomic E-state index is 12.3. The first-order valence-corrected chi connectivity index (χ1v) is 10.3. The lowest BCUT2D eigenvalue weighted by Gasteiger charge is -2.41. The van der Waals surface area contributed by atoms with Crippen LogP contribution in [0.4, 0.5) is 0 Å². The Balaban J connectivity index is 1.99. The Kier molecular flexibility index (Phi) is 7.34. The van der Waals surface area contributed by atoms with Crippen LogP contribution in [0, 0.1) is 6.92 Å². The van der Waals surface area contributed by atoms with Crippen molar-refractivity contribution >= 4 is 5.91 Å². The molecule has 1 aliphatic rings. The molecule has 6 nitrogen and oxygen atoms in total. The first-order chi connectivity index (χ1) is 14.5. The zero-order valence-electron chi connectivity index (χ0n) is 18.5. The minimum Gasteiger partial charge on any atom is -0.493 e. The number of carbonyl (C=O) groups excluding carboxylic acids is 1. The van der Waals surface area contributed by atoms with Gasteiger partial charge in [-0.05, 0) is 54.7 Å². The number of nitrogens with zero attached hydrogens (tertiary/aromatic N) is 1. The number of hydrogen-bond acceptors (Lipinski definition) is 5. The summed E-state index contributed by atoms with van der Waals surface area (Å²) in [4.78, 5) is 14.7. The molecule has 0 spiro atoms. The van der Waals surface area contributed by atoms with Gasteiger partial charge in [-0.25, -0.2) is 0 Å². The highest BCUT2D eigenvalue weighted by molar-refractivity contribution is 5.77. The lowest BCUT2D eigenvalue weighted by molar-refractivity contribution is -0.125. The van der Waals surface area contributed by atoms with E-state index in [-0.39, 0.29) is 24.6 Å². The van der Waals surface area contributed by atoms with Gasteiger partial charge in [0.05, 0.1) is 20.3 Å². The minimum atomic E-state index is -0.117. The van der Waals surface area contributed by atoms with Gasteiger partial charge in [-0.2, -0.15) is 0 Å². The van der Waals surface area contributed by atoms with Crippen molar-refractivity contribution in [1.82, 2.24) is 10.2 Å². The molecule has 0 bridgehead atoms. The molecule has 6 heteroatoms. The van der Waals surface area contributed by atoms with E-state index in [1.54, 1.807) is 14.2 Å². The Labute approximate surface area is 179 Å². The lowest BCUT2D eigenvalue weighted by atomic mass is 9.87. The topological polar surface area (TPSA) is 60.0 Å². The Hall–Kier alpha value is -2.57. The van der Waals surface area contributed by atoms with Crippen molar-refractivity contribution in [3.05, 3.63) is 58.7 Å². The molecule has 0 saturated heterocycles. The van der Waals surface area contributed by atoms with Gasteiger partial charge in [-0.1, -0.05) is 24.3 Å². The molecule has 0 radical (unpaired) electrons. The van der Waals surface area contributed by atoms with Crippen LogP contribution >= 0.6 is 0 Å². The highest BCUT2D eigenvalue weighted by Crippen LogP contribution is 2.40. The second-order valence-electron chi connectivity index (χ2n) is 7.79. The van der Waals surface area contributed by atoms with Gasteiger partial charge in [0.25, 0.3) is 0 Å². The predicted molar refractivity (Wildman–Crippen MR) is 117 cm³/mol. The quantitative estimate of drug-likeness (QED) is 0.721. The average Bonchev–Trinajstić information content (AvgIpc) is 2.74. The fourth-order valence-electron chi connectivity index (χ4n) is 4.30. The molecular formula is C24H32N2O4. The van der Waals surface area contributed by atoms with Crippen LogP contribution in [0.5, 0.6) is 11.5 Å². The van der Waals surface area contributed by atoms with Gasteiger partial charge in [-0.15, -0.1) is 0 Å². The van der Waals surface area contributed by atoms with Gasteiger partial charge in [0, 0.05) is 26.2 Å². The molecule has 2 aromatic carbocycles. The zero-order valence-corrected chi connectivity index (χ0v) is 18.5. The van der Waals surface area contributed by atoms with E-state index in [1.807, 2.05) is 0 Å². The standard InChI is InChI=1S/C24H32N2O4/c1-16-8-6-7-9-19(16)14-26-11-10-18-12-21(29-4)22(30-5)13-20(18)24(26)17(2)25-23(27)15-28-3/h6-9,12-13,17,24H,10-11,14-15H2,1-5H3,(H,25,27)/t17-,24+/m1/s1. The monoisotopic (exact) mass is 412 g/mol. The molecule has 1 amide bonds. The van der Waals surface area contributed by atoms with Crippen molar-refractivity contribution in [1.29, 1.82) is 0 Å². The van der Waals surface area contributed by atoms with Crippen LogP contribution in [0.25, 0.3) is 0 Å². The Bertz CT molecular complexity index is 884. The number of rotatable bonds is 8. The van der Waals surface area contributed by atoms with Crippen molar-refractivity contribution in [2.75, 3.05) is 34.5 Å². The molecule has 0 unspecified atom stereocenters. The second kappa shape index (κ2) is 9.96. The van der Waals surface area contributed by atoms with Gasteiger partial charge in [0.2, 0.25) is 5.91 Å². The van der Waals surface area contributed by atoms with Crippen molar-refractivity contribution in [2.45, 2.75) is 38.9 Å². The molecule has 30 heavy (non-hydrogen) atoms. The van der Waals surface area contributed by atoms with E-state index in [1.165, 1.54) is 23.8 Å². The highest BCUT2D eigenvalue weighted by Gasteiger charge is 2.33. The number of methoxy groups -OCH3 is 3. The van der Waals surface area contributed by atoms with Crippen LogP contribution in [-0.4, -0.2) is 51.3 Å². The smallest absolute Gasteiger partial charge is 0.246 e. The second-order valence-corrected chi connectivity index (χ2v) is 7.79. The van der Waals surface area contributed by atoms with E-state index >= 15 is 0 Å². The van der Waals surface area contributed by atoms with E-state index in [9.17, 15) is 4.79 Å². The molecule has 0 saturated carbocycles. The van der Waals surface area contributed by atoms with Crippen LogP contribution in [0.2, 0.25) is 0 Å². The summed E-state index contributed by atoms with van der Waals surface area (Å²) in [5.41, 5.74) is 4.96. The average molecular weight is 413 g/mol. The zero-order chi connectivity index (χ0) is 21.7. The first kappa shape index (κ1) is 22.1. The number of ether oxygens (including phenoxy) is 3. The maximum Gasteiger partial charge on any atom is 0.246 e. The molecule has 0 aliphatic carbocycles. The van der Waals surface area contributed by atoms with Crippen LogP contribution < -0.4 is 14.8 Å². The van der Waals surface area contributed by atoms with Gasteiger partial charge in [-0.3, -0.25) is 9.69 Å². The molecule has 1 N–H and O–H groups in total. The van der Waals surface area contributed by atoms with E-state index < -0.39 is 0 Å². The van der Waals surface area contributed by atoms with Crippen LogP contribution in [0.15, 0.2) is 36.4 Å². The third-order valence-electron chi connectivity index (χ3n) is 5.80. The summed E-state index contributed by atoms with van der Waals surface area (Å²) >= 11 is 0. The Morgan fingerprint density at radius 1 is 1.17 bits per heavy atom. The molecule has 3 rings (SSSR count). The van der Waals surface area contributed by atoms with Crippen LogP contribution in [0.3, 0.4) is 0 Å².